The molecular formula is C15H15BrN2OS. The molecule has 5 heteroatoms. The number of rotatable bonds is 3. The molecule has 0 aliphatic carbocycles. The van der Waals surface area contributed by atoms with Gasteiger partial charge in [-0.3, -0.25) is 4.79 Å². The normalized spacial score (nSPS) is 17.6. The van der Waals surface area contributed by atoms with Crippen LogP contribution in [0, 0.1) is 0 Å². The Labute approximate surface area is 130 Å². The van der Waals surface area contributed by atoms with E-state index in [1.54, 1.807) is 11.3 Å². The molecular weight excluding hydrogens is 336 g/mol. The topological polar surface area (TPSA) is 41.1 Å². The smallest absolute Gasteiger partial charge is 0.242 e. The van der Waals surface area contributed by atoms with Crippen LogP contribution in [-0.2, 0) is 17.8 Å². The molecule has 3 rings (SSSR count). The van der Waals surface area contributed by atoms with E-state index in [0.717, 1.165) is 27.2 Å². The average Bonchev–Trinajstić information content (AvgIpc) is 2.90. The second-order valence-electron chi connectivity index (χ2n) is 4.76. The zero-order valence-corrected chi connectivity index (χ0v) is 13.3. The molecule has 0 saturated carbocycles. The van der Waals surface area contributed by atoms with E-state index in [1.165, 1.54) is 5.56 Å². The second kappa shape index (κ2) is 6.08. The molecule has 0 radical (unpaired) electrons. The van der Waals surface area contributed by atoms with Crippen molar-refractivity contribution in [3.63, 3.8) is 0 Å². The number of thiophene rings is 1. The van der Waals surface area contributed by atoms with Gasteiger partial charge in [0.1, 0.15) is 6.04 Å². The lowest BCUT2D eigenvalue weighted by molar-refractivity contribution is -0.123. The van der Waals surface area contributed by atoms with Crippen LogP contribution in [0.1, 0.15) is 22.0 Å². The molecule has 0 saturated heterocycles. The monoisotopic (exact) mass is 350 g/mol. The minimum Gasteiger partial charge on any atom is -0.350 e. The van der Waals surface area contributed by atoms with Gasteiger partial charge in [0.15, 0.2) is 0 Å². The van der Waals surface area contributed by atoms with Gasteiger partial charge in [0.2, 0.25) is 5.91 Å². The summed E-state index contributed by atoms with van der Waals surface area (Å²) in [6.07, 6.45) is 0.984. The number of amides is 1. The maximum absolute atomic E-state index is 12.4. The molecule has 2 heterocycles. The number of hydrogen-bond acceptors (Lipinski definition) is 3. The van der Waals surface area contributed by atoms with Crippen LogP contribution in [0.15, 0.2) is 40.2 Å². The van der Waals surface area contributed by atoms with Crippen LogP contribution < -0.4 is 10.6 Å². The van der Waals surface area contributed by atoms with Crippen molar-refractivity contribution in [3.8, 4) is 0 Å². The van der Waals surface area contributed by atoms with E-state index in [2.05, 4.69) is 32.6 Å². The molecule has 1 aliphatic heterocycles. The molecule has 1 amide bonds. The quantitative estimate of drug-likeness (QED) is 0.893. The number of fused-ring (bicyclic) bond motifs is 1. The number of hydrogen-bond donors (Lipinski definition) is 2. The molecule has 0 fully saturated rings. The van der Waals surface area contributed by atoms with Gasteiger partial charge in [-0.1, -0.05) is 24.3 Å². The van der Waals surface area contributed by atoms with Gasteiger partial charge in [-0.2, -0.15) is 0 Å². The highest BCUT2D eigenvalue weighted by Crippen LogP contribution is 2.24. The Morgan fingerprint density at radius 2 is 2.20 bits per heavy atom. The molecule has 104 valence electrons. The summed E-state index contributed by atoms with van der Waals surface area (Å²) in [5.74, 6) is 0.0432. The molecule has 1 aromatic carbocycles. The Balaban J connectivity index is 1.69. The lowest BCUT2D eigenvalue weighted by Gasteiger charge is -2.25. The van der Waals surface area contributed by atoms with E-state index in [1.807, 2.05) is 30.3 Å². The first-order valence-corrected chi connectivity index (χ1v) is 8.18. The van der Waals surface area contributed by atoms with Crippen molar-refractivity contribution < 1.29 is 4.79 Å². The van der Waals surface area contributed by atoms with Crippen LogP contribution in [0.5, 0.6) is 0 Å². The largest absolute Gasteiger partial charge is 0.350 e. The number of carbonyl (C=O) groups excluding carboxylic acids is 1. The third kappa shape index (κ3) is 2.95. The summed E-state index contributed by atoms with van der Waals surface area (Å²) < 4.78 is 1.09. The first-order valence-electron chi connectivity index (χ1n) is 6.57. The molecule has 0 bridgehead atoms. The van der Waals surface area contributed by atoms with Gasteiger partial charge in [-0.05, 0) is 45.6 Å². The summed E-state index contributed by atoms with van der Waals surface area (Å²) in [5, 5.41) is 6.31. The van der Waals surface area contributed by atoms with Crippen LogP contribution in [0.3, 0.4) is 0 Å². The van der Waals surface area contributed by atoms with E-state index in [-0.39, 0.29) is 11.9 Å². The molecule has 0 spiro atoms. The van der Waals surface area contributed by atoms with Crippen molar-refractivity contribution in [1.82, 2.24) is 10.6 Å². The highest BCUT2D eigenvalue weighted by atomic mass is 79.9. The second-order valence-corrected chi connectivity index (χ2v) is 7.31. The Morgan fingerprint density at radius 3 is 3.00 bits per heavy atom. The summed E-state index contributed by atoms with van der Waals surface area (Å²) in [7, 11) is 0. The van der Waals surface area contributed by atoms with Crippen LogP contribution >= 0.6 is 27.3 Å². The lowest BCUT2D eigenvalue weighted by Crippen LogP contribution is -2.41. The van der Waals surface area contributed by atoms with Gasteiger partial charge in [-0.15, -0.1) is 11.3 Å². The highest BCUT2D eigenvalue weighted by molar-refractivity contribution is 9.11. The summed E-state index contributed by atoms with van der Waals surface area (Å²) in [5.41, 5.74) is 2.37. The average molecular weight is 351 g/mol. The summed E-state index contributed by atoms with van der Waals surface area (Å²) in [6, 6.07) is 12.0. The number of benzene rings is 1. The van der Waals surface area contributed by atoms with Gasteiger partial charge in [0.25, 0.3) is 0 Å². The molecule has 3 nitrogen and oxygen atoms in total. The number of halogens is 1. The minimum absolute atomic E-state index is 0.0432. The molecule has 1 unspecified atom stereocenters. The Hall–Kier alpha value is -1.17. The molecule has 2 N–H and O–H groups in total. The summed E-state index contributed by atoms with van der Waals surface area (Å²) >= 11 is 5.07. The Kier molecular flexibility index (Phi) is 4.19. The third-order valence-electron chi connectivity index (χ3n) is 3.44. The standard InChI is InChI=1S/C15H15BrN2OS/c16-13-6-5-11(20-13)9-18-15(19)14-12-4-2-1-3-10(12)7-8-17-14/h1-6,14,17H,7-9H2,(H,18,19). The van der Waals surface area contributed by atoms with Crippen molar-refractivity contribution in [2.45, 2.75) is 19.0 Å². The Bertz CT molecular complexity index is 626. The Morgan fingerprint density at radius 1 is 1.35 bits per heavy atom. The molecule has 2 aromatic rings. The van der Waals surface area contributed by atoms with Crippen LogP contribution in [0.25, 0.3) is 0 Å². The summed E-state index contributed by atoms with van der Waals surface area (Å²) in [4.78, 5) is 13.5. The first kappa shape index (κ1) is 13.8. The fourth-order valence-corrected chi connectivity index (χ4v) is 3.88. The van der Waals surface area contributed by atoms with Crippen molar-refractivity contribution in [1.29, 1.82) is 0 Å². The van der Waals surface area contributed by atoms with E-state index >= 15 is 0 Å². The SMILES string of the molecule is O=C(NCc1ccc(Br)s1)C1NCCc2ccccc21. The fraction of sp³-hybridized carbons (Fsp3) is 0.267. The fourth-order valence-electron chi connectivity index (χ4n) is 2.46. The van der Waals surface area contributed by atoms with E-state index in [0.29, 0.717) is 6.54 Å². The van der Waals surface area contributed by atoms with Gasteiger partial charge in [-0.25, -0.2) is 0 Å². The lowest BCUT2D eigenvalue weighted by atomic mass is 9.94. The molecule has 1 aromatic heterocycles. The molecule has 1 aliphatic rings. The molecule has 20 heavy (non-hydrogen) atoms. The van der Waals surface area contributed by atoms with Crippen molar-refractivity contribution in [2.75, 3.05) is 6.54 Å². The van der Waals surface area contributed by atoms with E-state index < -0.39 is 0 Å². The van der Waals surface area contributed by atoms with Crippen molar-refractivity contribution >= 4 is 33.2 Å². The van der Waals surface area contributed by atoms with Gasteiger partial charge < -0.3 is 10.6 Å². The third-order valence-corrected chi connectivity index (χ3v) is 5.06. The predicted molar refractivity (Wildman–Crippen MR) is 84.8 cm³/mol. The van der Waals surface area contributed by atoms with Crippen molar-refractivity contribution in [3.05, 3.63) is 56.2 Å². The highest BCUT2D eigenvalue weighted by Gasteiger charge is 2.25. The zero-order valence-electron chi connectivity index (χ0n) is 10.9. The van der Waals surface area contributed by atoms with E-state index in [4.69, 9.17) is 0 Å². The summed E-state index contributed by atoms with van der Waals surface area (Å²) in [6.45, 7) is 1.43. The van der Waals surface area contributed by atoms with Crippen LogP contribution in [0.4, 0.5) is 0 Å². The van der Waals surface area contributed by atoms with Gasteiger partial charge in [0, 0.05) is 11.4 Å². The zero-order chi connectivity index (χ0) is 13.9. The van der Waals surface area contributed by atoms with Crippen molar-refractivity contribution in [2.24, 2.45) is 0 Å². The maximum Gasteiger partial charge on any atom is 0.242 e. The maximum atomic E-state index is 12.4. The number of nitrogens with one attached hydrogen (secondary N) is 2. The van der Waals surface area contributed by atoms with Gasteiger partial charge in [0.05, 0.1) is 10.3 Å². The van der Waals surface area contributed by atoms with Crippen LogP contribution in [0.2, 0.25) is 0 Å². The van der Waals surface area contributed by atoms with E-state index in [9.17, 15) is 4.79 Å². The molecule has 1 atom stereocenters. The van der Waals surface area contributed by atoms with Crippen LogP contribution in [-0.4, -0.2) is 12.5 Å². The first-order chi connectivity index (χ1) is 9.74. The predicted octanol–water partition coefficient (Wildman–Crippen LogP) is 3.01. The van der Waals surface area contributed by atoms with Gasteiger partial charge >= 0.3 is 0 Å². The minimum atomic E-state index is -0.233. The number of carbonyl (C=O) groups is 1.